The monoisotopic (exact) mass is 208 g/mol. The standard InChI is InChI=1S/C7H12O7/c1-7(12-3,4-11-2)14-6(10)13-5(8)9/h4H2,1-3H3,(H,8,9). The van der Waals surface area contributed by atoms with Gasteiger partial charge in [0.1, 0.15) is 6.61 Å². The number of carbonyl (C=O) groups excluding carboxylic acids is 1. The van der Waals surface area contributed by atoms with Crippen LogP contribution in [0.1, 0.15) is 6.92 Å². The van der Waals surface area contributed by atoms with Gasteiger partial charge in [0.25, 0.3) is 0 Å². The molecule has 0 aromatic heterocycles. The summed E-state index contributed by atoms with van der Waals surface area (Å²) in [4.78, 5) is 20.7. The van der Waals surface area contributed by atoms with Crippen LogP contribution in [0.3, 0.4) is 0 Å². The number of carboxylic acid groups (broad SMARTS) is 1. The lowest BCUT2D eigenvalue weighted by Crippen LogP contribution is -2.38. The Morgan fingerprint density at radius 2 is 1.93 bits per heavy atom. The molecule has 14 heavy (non-hydrogen) atoms. The van der Waals surface area contributed by atoms with Crippen LogP contribution >= 0.6 is 0 Å². The van der Waals surface area contributed by atoms with Crippen LogP contribution in [0.25, 0.3) is 0 Å². The highest BCUT2D eigenvalue weighted by molar-refractivity contribution is 5.75. The average Bonchev–Trinajstić information content (AvgIpc) is 2.02. The molecule has 1 unspecified atom stereocenters. The molecule has 0 aliphatic carbocycles. The maximum Gasteiger partial charge on any atom is 0.521 e. The summed E-state index contributed by atoms with van der Waals surface area (Å²) in [5.41, 5.74) is 0. The van der Waals surface area contributed by atoms with Crippen LogP contribution in [0.4, 0.5) is 9.59 Å². The molecule has 0 aromatic rings. The molecule has 82 valence electrons. The van der Waals surface area contributed by atoms with Crippen molar-refractivity contribution < 1.29 is 33.6 Å². The molecule has 1 N–H and O–H groups in total. The molecule has 7 nitrogen and oxygen atoms in total. The minimum atomic E-state index is -1.74. The van der Waals surface area contributed by atoms with Crippen molar-refractivity contribution in [3.63, 3.8) is 0 Å². The van der Waals surface area contributed by atoms with E-state index in [1.807, 2.05) is 0 Å². The van der Waals surface area contributed by atoms with Crippen molar-refractivity contribution in [2.45, 2.75) is 12.7 Å². The maximum absolute atomic E-state index is 10.7. The van der Waals surface area contributed by atoms with E-state index in [0.717, 1.165) is 0 Å². The third-order valence-corrected chi connectivity index (χ3v) is 1.31. The normalized spacial score (nSPS) is 14.2. The number of carbonyl (C=O) groups is 2. The number of rotatable bonds is 4. The van der Waals surface area contributed by atoms with Gasteiger partial charge in [-0.25, -0.2) is 9.59 Å². The van der Waals surface area contributed by atoms with Crippen molar-refractivity contribution in [1.29, 1.82) is 0 Å². The lowest BCUT2D eigenvalue weighted by atomic mass is 10.3. The Kier molecular flexibility index (Phi) is 4.89. The Hall–Kier alpha value is -1.34. The predicted molar refractivity (Wildman–Crippen MR) is 42.9 cm³/mol. The minimum Gasteiger partial charge on any atom is -0.449 e. The van der Waals surface area contributed by atoms with E-state index >= 15 is 0 Å². The van der Waals surface area contributed by atoms with Gasteiger partial charge >= 0.3 is 12.3 Å². The van der Waals surface area contributed by atoms with Gasteiger partial charge in [0.2, 0.25) is 5.79 Å². The van der Waals surface area contributed by atoms with Gasteiger partial charge < -0.3 is 24.1 Å². The number of methoxy groups -OCH3 is 2. The first kappa shape index (κ1) is 12.7. The molecule has 0 bridgehead atoms. The summed E-state index contributed by atoms with van der Waals surface area (Å²) in [5, 5.41) is 8.09. The summed E-state index contributed by atoms with van der Waals surface area (Å²) in [6.45, 7) is 1.36. The summed E-state index contributed by atoms with van der Waals surface area (Å²) >= 11 is 0. The summed E-state index contributed by atoms with van der Waals surface area (Å²) in [7, 11) is 2.66. The Morgan fingerprint density at radius 1 is 1.36 bits per heavy atom. The van der Waals surface area contributed by atoms with Crippen molar-refractivity contribution >= 4 is 12.3 Å². The largest absolute Gasteiger partial charge is 0.521 e. The van der Waals surface area contributed by atoms with Crippen LogP contribution in [-0.2, 0) is 18.9 Å². The fraction of sp³-hybridized carbons (Fsp3) is 0.714. The molecule has 0 spiro atoms. The molecule has 1 atom stereocenters. The van der Waals surface area contributed by atoms with Crippen molar-refractivity contribution in [2.24, 2.45) is 0 Å². The second-order valence-corrected chi connectivity index (χ2v) is 2.49. The number of hydrogen-bond donors (Lipinski definition) is 1. The highest BCUT2D eigenvalue weighted by Gasteiger charge is 2.30. The van der Waals surface area contributed by atoms with E-state index in [0.29, 0.717) is 0 Å². The zero-order chi connectivity index (χ0) is 11.2. The van der Waals surface area contributed by atoms with Gasteiger partial charge in [-0.15, -0.1) is 0 Å². The zero-order valence-corrected chi connectivity index (χ0v) is 8.10. The molecule has 0 amide bonds. The van der Waals surface area contributed by atoms with Crippen molar-refractivity contribution in [2.75, 3.05) is 20.8 Å². The SMILES string of the molecule is COCC(C)(OC)OC(=O)OC(=O)O. The van der Waals surface area contributed by atoms with Gasteiger partial charge in [0.15, 0.2) is 0 Å². The molecule has 0 aliphatic rings. The van der Waals surface area contributed by atoms with Crippen LogP contribution in [0, 0.1) is 0 Å². The second kappa shape index (κ2) is 5.40. The summed E-state index contributed by atoms with van der Waals surface area (Å²) in [6, 6.07) is 0. The van der Waals surface area contributed by atoms with Crippen molar-refractivity contribution in [3.8, 4) is 0 Å². The first-order valence-corrected chi connectivity index (χ1v) is 3.61. The fourth-order valence-corrected chi connectivity index (χ4v) is 0.661. The van der Waals surface area contributed by atoms with Crippen LogP contribution in [0.2, 0.25) is 0 Å². The van der Waals surface area contributed by atoms with Crippen LogP contribution in [0.5, 0.6) is 0 Å². The van der Waals surface area contributed by atoms with Crippen molar-refractivity contribution in [1.82, 2.24) is 0 Å². The van der Waals surface area contributed by atoms with Gasteiger partial charge in [-0.05, 0) is 0 Å². The van der Waals surface area contributed by atoms with E-state index in [2.05, 4.69) is 9.47 Å². The smallest absolute Gasteiger partial charge is 0.449 e. The van der Waals surface area contributed by atoms with Gasteiger partial charge in [0.05, 0.1) is 0 Å². The first-order valence-electron chi connectivity index (χ1n) is 3.61. The summed E-state index contributed by atoms with van der Waals surface area (Å²) in [6.07, 6.45) is -3.11. The Balaban J connectivity index is 4.16. The van der Waals surface area contributed by atoms with E-state index in [1.54, 1.807) is 0 Å². The zero-order valence-electron chi connectivity index (χ0n) is 8.10. The van der Waals surface area contributed by atoms with Gasteiger partial charge in [-0.1, -0.05) is 0 Å². The maximum atomic E-state index is 10.7. The first-order chi connectivity index (χ1) is 6.43. The molecule has 0 aromatic carbocycles. The van der Waals surface area contributed by atoms with E-state index in [4.69, 9.17) is 14.6 Å². The van der Waals surface area contributed by atoms with Crippen LogP contribution < -0.4 is 0 Å². The van der Waals surface area contributed by atoms with E-state index < -0.39 is 18.1 Å². The second-order valence-electron chi connectivity index (χ2n) is 2.49. The van der Waals surface area contributed by atoms with E-state index in [9.17, 15) is 9.59 Å². The molecular weight excluding hydrogens is 196 g/mol. The summed E-state index contributed by atoms with van der Waals surface area (Å²) in [5.74, 6) is -1.36. The van der Waals surface area contributed by atoms with Gasteiger partial charge in [-0.3, -0.25) is 0 Å². The average molecular weight is 208 g/mol. The molecule has 0 fully saturated rings. The Morgan fingerprint density at radius 3 is 2.29 bits per heavy atom. The third-order valence-electron chi connectivity index (χ3n) is 1.31. The van der Waals surface area contributed by atoms with E-state index in [-0.39, 0.29) is 6.61 Å². The minimum absolute atomic E-state index is 0.0434. The highest BCUT2D eigenvalue weighted by atomic mass is 16.8. The van der Waals surface area contributed by atoms with Crippen LogP contribution in [-0.4, -0.2) is 44.0 Å². The quantitative estimate of drug-likeness (QED) is 0.415. The molecule has 0 saturated carbocycles. The van der Waals surface area contributed by atoms with E-state index in [1.165, 1.54) is 21.1 Å². The lowest BCUT2D eigenvalue weighted by Gasteiger charge is -2.25. The molecule has 0 saturated heterocycles. The topological polar surface area (TPSA) is 91.3 Å². The fourth-order valence-electron chi connectivity index (χ4n) is 0.661. The molecule has 0 rings (SSSR count). The molecular formula is C7H12O7. The number of hydrogen-bond acceptors (Lipinski definition) is 6. The molecule has 0 radical (unpaired) electrons. The van der Waals surface area contributed by atoms with Crippen molar-refractivity contribution in [3.05, 3.63) is 0 Å². The van der Waals surface area contributed by atoms with Gasteiger partial charge in [0, 0.05) is 21.1 Å². The highest BCUT2D eigenvalue weighted by Crippen LogP contribution is 2.12. The van der Waals surface area contributed by atoms with Gasteiger partial charge in [-0.2, -0.15) is 0 Å². The Bertz CT molecular complexity index is 214. The molecule has 0 heterocycles. The van der Waals surface area contributed by atoms with Crippen LogP contribution in [0.15, 0.2) is 0 Å². The molecule has 0 aliphatic heterocycles. The number of ether oxygens (including phenoxy) is 4. The predicted octanol–water partition coefficient (Wildman–Crippen LogP) is 0.827. The summed E-state index contributed by atoms with van der Waals surface area (Å²) < 4.78 is 17.8. The molecule has 7 heteroatoms. The Labute approximate surface area is 80.5 Å². The third kappa shape index (κ3) is 4.63. The lowest BCUT2D eigenvalue weighted by molar-refractivity contribution is -0.207.